The number of aromatic nitrogens is 2. The Morgan fingerprint density at radius 2 is 2.08 bits per heavy atom. The summed E-state index contributed by atoms with van der Waals surface area (Å²) in [4.78, 5) is 17.1. The summed E-state index contributed by atoms with van der Waals surface area (Å²) in [6.45, 7) is 3.54. The number of thiophene rings is 1. The summed E-state index contributed by atoms with van der Waals surface area (Å²) >= 11 is 1.55. The molecule has 0 N–H and O–H groups in total. The first kappa shape index (κ1) is 16.3. The van der Waals surface area contributed by atoms with Gasteiger partial charge in [0.05, 0.1) is 10.6 Å². The number of aryl methyl sites for hydroxylation is 2. The van der Waals surface area contributed by atoms with Crippen LogP contribution in [0.2, 0.25) is 0 Å². The minimum atomic E-state index is 0.149. The van der Waals surface area contributed by atoms with Gasteiger partial charge in [-0.15, -0.1) is 11.3 Å². The maximum Gasteiger partial charge on any atom is 0.264 e. The lowest BCUT2D eigenvalue weighted by Crippen LogP contribution is -2.36. The second-order valence-electron chi connectivity index (χ2n) is 7.01. The minimum absolute atomic E-state index is 0.149. The molecule has 3 aromatic rings. The molecule has 1 saturated carbocycles. The van der Waals surface area contributed by atoms with Gasteiger partial charge in [-0.2, -0.15) is 5.10 Å². The van der Waals surface area contributed by atoms with Crippen LogP contribution in [0.4, 0.5) is 0 Å². The Bertz CT molecular complexity index is 858. The summed E-state index contributed by atoms with van der Waals surface area (Å²) in [5.41, 5.74) is 2.18. The third-order valence-corrected chi connectivity index (χ3v) is 6.30. The van der Waals surface area contributed by atoms with E-state index in [0.717, 1.165) is 27.3 Å². The van der Waals surface area contributed by atoms with Crippen molar-refractivity contribution >= 4 is 27.5 Å². The molecule has 1 aromatic carbocycles. The summed E-state index contributed by atoms with van der Waals surface area (Å²) in [6.07, 6.45) is 3.79. The summed E-state index contributed by atoms with van der Waals surface area (Å²) in [5, 5.41) is 5.53. The van der Waals surface area contributed by atoms with E-state index in [1.807, 2.05) is 47.8 Å². The molecule has 0 spiro atoms. The lowest BCUT2D eigenvalue weighted by atomic mass is 9.85. The Morgan fingerprint density at radius 1 is 1.32 bits per heavy atom. The average Bonchev–Trinajstić information content (AvgIpc) is 3.12. The third-order valence-electron chi connectivity index (χ3n) is 5.11. The number of carbonyl (C=O) groups excluding carboxylic acids is 1. The van der Waals surface area contributed by atoms with E-state index in [9.17, 15) is 4.79 Å². The molecular formula is C20H23N3OS. The van der Waals surface area contributed by atoms with Crippen molar-refractivity contribution in [3.05, 3.63) is 52.5 Å². The number of carbonyl (C=O) groups is 1. The highest BCUT2D eigenvalue weighted by molar-refractivity contribution is 7.20. The molecule has 4 nitrogen and oxygen atoms in total. The van der Waals surface area contributed by atoms with Crippen LogP contribution < -0.4 is 0 Å². The predicted octanol–water partition coefficient (Wildman–Crippen LogP) is 4.39. The SMILES string of the molecule is Cc1nn(C)c2sc(C(=O)N(Cc3ccccc3)CC3CCC3)cc12. The predicted molar refractivity (Wildman–Crippen MR) is 102 cm³/mol. The molecular weight excluding hydrogens is 330 g/mol. The summed E-state index contributed by atoms with van der Waals surface area (Å²) in [7, 11) is 1.94. The molecule has 130 valence electrons. The van der Waals surface area contributed by atoms with Gasteiger partial charge in [-0.05, 0) is 37.3 Å². The van der Waals surface area contributed by atoms with Crippen molar-refractivity contribution < 1.29 is 4.79 Å². The monoisotopic (exact) mass is 353 g/mol. The molecule has 2 heterocycles. The van der Waals surface area contributed by atoms with Gasteiger partial charge in [0.15, 0.2) is 0 Å². The fraction of sp³-hybridized carbons (Fsp3) is 0.400. The summed E-state index contributed by atoms with van der Waals surface area (Å²) in [6, 6.07) is 12.3. The van der Waals surface area contributed by atoms with Crippen LogP contribution in [-0.4, -0.2) is 27.1 Å². The first-order chi connectivity index (χ1) is 12.1. The standard InChI is InChI=1S/C20H23N3OS/c1-14-17-11-18(25-20(17)22(2)21-14)19(24)23(13-16-9-6-10-16)12-15-7-4-3-5-8-15/h3-5,7-8,11,16H,6,9-10,12-13H2,1-2H3. The van der Waals surface area contributed by atoms with Gasteiger partial charge in [-0.1, -0.05) is 36.8 Å². The van der Waals surface area contributed by atoms with E-state index in [1.165, 1.54) is 24.8 Å². The lowest BCUT2D eigenvalue weighted by Gasteiger charge is -2.32. The number of amides is 1. The highest BCUT2D eigenvalue weighted by atomic mass is 32.1. The van der Waals surface area contributed by atoms with Gasteiger partial charge in [0.25, 0.3) is 5.91 Å². The molecule has 5 heteroatoms. The highest BCUT2D eigenvalue weighted by Crippen LogP contribution is 2.31. The number of hydrogen-bond acceptors (Lipinski definition) is 3. The summed E-state index contributed by atoms with van der Waals surface area (Å²) < 4.78 is 1.87. The van der Waals surface area contributed by atoms with Crippen LogP contribution in [0.1, 0.15) is 40.2 Å². The average molecular weight is 353 g/mol. The zero-order valence-electron chi connectivity index (χ0n) is 14.7. The van der Waals surface area contributed by atoms with Crippen LogP contribution in [-0.2, 0) is 13.6 Å². The lowest BCUT2D eigenvalue weighted by molar-refractivity contribution is 0.0684. The van der Waals surface area contributed by atoms with Crippen LogP contribution in [0.5, 0.6) is 0 Å². The van der Waals surface area contributed by atoms with Gasteiger partial charge in [0.1, 0.15) is 4.83 Å². The Kier molecular flexibility index (Phi) is 4.34. The van der Waals surface area contributed by atoms with Gasteiger partial charge in [0, 0.05) is 25.5 Å². The first-order valence-electron chi connectivity index (χ1n) is 8.88. The maximum absolute atomic E-state index is 13.2. The van der Waals surface area contributed by atoms with Gasteiger partial charge < -0.3 is 4.90 Å². The van der Waals surface area contributed by atoms with Gasteiger partial charge in [0.2, 0.25) is 0 Å². The van der Waals surface area contributed by atoms with Crippen molar-refractivity contribution in [1.82, 2.24) is 14.7 Å². The molecule has 1 amide bonds. The molecule has 0 radical (unpaired) electrons. The van der Waals surface area contributed by atoms with E-state index in [4.69, 9.17) is 0 Å². The van der Waals surface area contributed by atoms with Crippen molar-refractivity contribution in [2.75, 3.05) is 6.54 Å². The van der Waals surface area contributed by atoms with E-state index in [0.29, 0.717) is 12.5 Å². The minimum Gasteiger partial charge on any atom is -0.333 e. The summed E-state index contributed by atoms with van der Waals surface area (Å²) in [5.74, 6) is 0.807. The van der Waals surface area contributed by atoms with Crippen LogP contribution in [0.15, 0.2) is 36.4 Å². The zero-order chi connectivity index (χ0) is 17.4. The fourth-order valence-corrected chi connectivity index (χ4v) is 4.57. The van der Waals surface area contributed by atoms with E-state index in [-0.39, 0.29) is 5.91 Å². The number of fused-ring (bicyclic) bond motifs is 1. The van der Waals surface area contributed by atoms with Crippen molar-refractivity contribution in [2.45, 2.75) is 32.7 Å². The van der Waals surface area contributed by atoms with Crippen LogP contribution in [0.3, 0.4) is 0 Å². The zero-order valence-corrected chi connectivity index (χ0v) is 15.6. The maximum atomic E-state index is 13.2. The molecule has 0 saturated heterocycles. The second kappa shape index (κ2) is 6.64. The van der Waals surface area contributed by atoms with Crippen LogP contribution in [0, 0.1) is 12.8 Å². The number of hydrogen-bond donors (Lipinski definition) is 0. The van der Waals surface area contributed by atoms with Gasteiger partial charge in [-0.25, -0.2) is 0 Å². The van der Waals surface area contributed by atoms with E-state index in [2.05, 4.69) is 17.2 Å². The smallest absolute Gasteiger partial charge is 0.264 e. The largest absolute Gasteiger partial charge is 0.333 e. The van der Waals surface area contributed by atoms with E-state index in [1.54, 1.807) is 11.3 Å². The molecule has 0 atom stereocenters. The molecule has 1 aliphatic rings. The molecule has 0 aliphatic heterocycles. The van der Waals surface area contributed by atoms with E-state index < -0.39 is 0 Å². The molecule has 0 bridgehead atoms. The van der Waals surface area contributed by atoms with Crippen molar-refractivity contribution in [3.63, 3.8) is 0 Å². The Hall–Kier alpha value is -2.14. The molecule has 25 heavy (non-hydrogen) atoms. The molecule has 2 aromatic heterocycles. The Labute approximate surface area is 152 Å². The topological polar surface area (TPSA) is 38.1 Å². The molecule has 1 fully saturated rings. The van der Waals surface area contributed by atoms with Crippen LogP contribution in [0.25, 0.3) is 10.2 Å². The molecule has 1 aliphatic carbocycles. The highest BCUT2D eigenvalue weighted by Gasteiger charge is 2.26. The Balaban J connectivity index is 1.61. The Morgan fingerprint density at radius 3 is 2.72 bits per heavy atom. The third kappa shape index (κ3) is 3.21. The van der Waals surface area contributed by atoms with Crippen LogP contribution >= 0.6 is 11.3 Å². The van der Waals surface area contributed by atoms with E-state index >= 15 is 0 Å². The van der Waals surface area contributed by atoms with Gasteiger partial charge >= 0.3 is 0 Å². The van der Waals surface area contributed by atoms with Gasteiger partial charge in [-0.3, -0.25) is 9.48 Å². The quantitative estimate of drug-likeness (QED) is 0.682. The fourth-order valence-electron chi connectivity index (χ4n) is 3.48. The van der Waals surface area contributed by atoms with Crippen molar-refractivity contribution in [2.24, 2.45) is 13.0 Å². The normalized spacial score (nSPS) is 14.6. The van der Waals surface area contributed by atoms with Crippen molar-refractivity contribution in [1.29, 1.82) is 0 Å². The number of benzene rings is 1. The molecule has 4 rings (SSSR count). The van der Waals surface area contributed by atoms with Crippen molar-refractivity contribution in [3.8, 4) is 0 Å². The first-order valence-corrected chi connectivity index (χ1v) is 9.70. The second-order valence-corrected chi connectivity index (χ2v) is 8.04. The molecule has 0 unspecified atom stereocenters. The number of rotatable bonds is 5. The number of nitrogens with zero attached hydrogens (tertiary/aromatic N) is 3.